The molecule has 0 saturated carbocycles. The summed E-state index contributed by atoms with van der Waals surface area (Å²) in [6.07, 6.45) is 0. The van der Waals surface area contributed by atoms with E-state index >= 15 is 0 Å². The van der Waals surface area contributed by atoms with Crippen molar-refractivity contribution >= 4 is 62.3 Å². The highest BCUT2D eigenvalue weighted by Crippen LogP contribution is 2.19. The molecular weight excluding hydrogens is 419 g/mol. The first-order chi connectivity index (χ1) is 11.0. The maximum Gasteiger partial charge on any atom is 0.170 e. The molecule has 122 valence electrons. The maximum atomic E-state index is 13.7. The quantitative estimate of drug-likeness (QED) is 0.466. The van der Waals surface area contributed by atoms with Crippen LogP contribution in [-0.2, 0) is 5.75 Å². The van der Waals surface area contributed by atoms with Gasteiger partial charge in [-0.2, -0.15) is 11.8 Å². The predicted octanol–water partition coefficient (Wildman–Crippen LogP) is 5.46. The predicted molar refractivity (Wildman–Crippen MR) is 106 cm³/mol. The summed E-state index contributed by atoms with van der Waals surface area (Å²) >= 11 is 16.0. The van der Waals surface area contributed by atoms with Crippen molar-refractivity contribution < 1.29 is 4.39 Å². The lowest BCUT2D eigenvalue weighted by Crippen LogP contribution is -2.30. The van der Waals surface area contributed by atoms with Crippen LogP contribution in [0, 0.1) is 5.82 Å². The number of nitrogens with one attached hydrogen (secondary N) is 2. The van der Waals surface area contributed by atoms with Gasteiger partial charge in [-0.15, -0.1) is 0 Å². The number of benzene rings is 2. The van der Waals surface area contributed by atoms with Crippen molar-refractivity contribution in [1.82, 2.24) is 5.32 Å². The minimum atomic E-state index is -0.347. The Hall–Kier alpha value is -0.820. The molecule has 0 radical (unpaired) electrons. The fourth-order valence-corrected chi connectivity index (χ4v) is 3.25. The van der Waals surface area contributed by atoms with Gasteiger partial charge in [0.15, 0.2) is 5.11 Å². The van der Waals surface area contributed by atoms with E-state index in [4.69, 9.17) is 23.8 Å². The fraction of sp³-hybridized carbons (Fsp3) is 0.188. The highest BCUT2D eigenvalue weighted by Gasteiger charge is 2.04. The van der Waals surface area contributed by atoms with Crippen molar-refractivity contribution in [3.63, 3.8) is 0 Å². The number of hydrogen-bond donors (Lipinski definition) is 2. The third-order valence-electron chi connectivity index (χ3n) is 2.89. The second-order valence-electron chi connectivity index (χ2n) is 4.68. The van der Waals surface area contributed by atoms with Gasteiger partial charge in [-0.3, -0.25) is 0 Å². The van der Waals surface area contributed by atoms with E-state index in [1.807, 2.05) is 24.3 Å². The fourth-order valence-electron chi connectivity index (χ4n) is 1.76. The van der Waals surface area contributed by atoms with E-state index in [1.54, 1.807) is 23.9 Å². The standard InChI is InChI=1S/C16H15BrClFN2S2/c17-12-3-6-15(14(19)9-12)21-16(22)20-7-8-23-10-11-1-4-13(18)5-2-11/h1-6,9H,7-8,10H2,(H2,20,21,22). The van der Waals surface area contributed by atoms with Crippen molar-refractivity contribution in [1.29, 1.82) is 0 Å². The normalized spacial score (nSPS) is 10.4. The Bertz CT molecular complexity index is 668. The average molecular weight is 434 g/mol. The number of halogens is 3. The van der Waals surface area contributed by atoms with Crippen LogP contribution in [0.1, 0.15) is 5.56 Å². The Labute approximate surface area is 158 Å². The van der Waals surface area contributed by atoms with E-state index in [-0.39, 0.29) is 5.82 Å². The topological polar surface area (TPSA) is 24.1 Å². The molecule has 7 heteroatoms. The number of thioether (sulfide) groups is 1. The second kappa shape index (κ2) is 9.47. The van der Waals surface area contributed by atoms with Gasteiger partial charge in [-0.25, -0.2) is 4.39 Å². The molecule has 0 aliphatic carbocycles. The summed E-state index contributed by atoms with van der Waals surface area (Å²) in [6.45, 7) is 0.711. The number of rotatable bonds is 6. The number of hydrogen-bond acceptors (Lipinski definition) is 2. The second-order valence-corrected chi connectivity index (χ2v) is 7.55. The molecule has 0 spiro atoms. The SMILES string of the molecule is Fc1cc(Br)ccc1NC(=S)NCCSCc1ccc(Cl)cc1. The zero-order valence-electron chi connectivity index (χ0n) is 12.1. The minimum absolute atomic E-state index is 0.347. The monoisotopic (exact) mass is 432 g/mol. The van der Waals surface area contributed by atoms with E-state index in [0.717, 1.165) is 16.5 Å². The Morgan fingerprint density at radius 3 is 2.65 bits per heavy atom. The largest absolute Gasteiger partial charge is 0.362 e. The summed E-state index contributed by atoms with van der Waals surface area (Å²) in [5.41, 5.74) is 1.59. The molecule has 2 N–H and O–H groups in total. The first-order valence-electron chi connectivity index (χ1n) is 6.86. The molecule has 0 saturated heterocycles. The van der Waals surface area contributed by atoms with Crippen LogP contribution in [0.4, 0.5) is 10.1 Å². The Morgan fingerprint density at radius 1 is 1.22 bits per heavy atom. The molecule has 2 aromatic carbocycles. The Balaban J connectivity index is 1.65. The van der Waals surface area contributed by atoms with E-state index in [0.29, 0.717) is 21.8 Å². The van der Waals surface area contributed by atoms with Crippen LogP contribution in [0.25, 0.3) is 0 Å². The zero-order valence-corrected chi connectivity index (χ0v) is 16.1. The molecule has 0 bridgehead atoms. The van der Waals surface area contributed by atoms with Crippen molar-refractivity contribution in [2.24, 2.45) is 0 Å². The summed E-state index contributed by atoms with van der Waals surface area (Å²) in [5.74, 6) is 1.47. The minimum Gasteiger partial charge on any atom is -0.362 e. The summed E-state index contributed by atoms with van der Waals surface area (Å²) < 4.78 is 14.4. The molecule has 2 rings (SSSR count). The third kappa shape index (κ3) is 6.67. The molecule has 0 aliphatic heterocycles. The van der Waals surface area contributed by atoms with Gasteiger partial charge in [0.1, 0.15) is 5.82 Å². The van der Waals surface area contributed by atoms with E-state index in [2.05, 4.69) is 26.6 Å². The lowest BCUT2D eigenvalue weighted by molar-refractivity contribution is 0.631. The highest BCUT2D eigenvalue weighted by molar-refractivity contribution is 9.10. The van der Waals surface area contributed by atoms with Gasteiger partial charge < -0.3 is 10.6 Å². The van der Waals surface area contributed by atoms with Crippen molar-refractivity contribution in [3.05, 3.63) is 63.3 Å². The first kappa shape index (κ1) is 18.5. The first-order valence-corrected chi connectivity index (χ1v) is 9.60. The van der Waals surface area contributed by atoms with Gasteiger partial charge in [-0.1, -0.05) is 39.7 Å². The maximum absolute atomic E-state index is 13.7. The van der Waals surface area contributed by atoms with Crippen LogP contribution in [0.2, 0.25) is 5.02 Å². The molecule has 0 atom stereocenters. The highest BCUT2D eigenvalue weighted by atomic mass is 79.9. The van der Waals surface area contributed by atoms with Gasteiger partial charge in [-0.05, 0) is 48.1 Å². The molecule has 2 aromatic rings. The molecule has 0 fully saturated rings. The van der Waals surface area contributed by atoms with E-state index < -0.39 is 0 Å². The smallest absolute Gasteiger partial charge is 0.170 e. The number of thiocarbonyl (C=S) groups is 1. The molecule has 0 aliphatic rings. The Kier molecular flexibility index (Phi) is 7.62. The van der Waals surface area contributed by atoms with Gasteiger partial charge >= 0.3 is 0 Å². The molecule has 0 unspecified atom stereocenters. The van der Waals surface area contributed by atoms with E-state index in [1.165, 1.54) is 11.6 Å². The van der Waals surface area contributed by atoms with Gasteiger partial charge in [0.25, 0.3) is 0 Å². The van der Waals surface area contributed by atoms with Crippen LogP contribution >= 0.6 is 51.5 Å². The molecule has 0 heterocycles. The van der Waals surface area contributed by atoms with Crippen LogP contribution in [-0.4, -0.2) is 17.4 Å². The van der Waals surface area contributed by atoms with E-state index in [9.17, 15) is 4.39 Å². The third-order valence-corrected chi connectivity index (χ3v) is 4.92. The van der Waals surface area contributed by atoms with Gasteiger partial charge in [0, 0.05) is 27.5 Å². The van der Waals surface area contributed by atoms with Crippen LogP contribution in [0.3, 0.4) is 0 Å². The molecular formula is C16H15BrClFN2S2. The lowest BCUT2D eigenvalue weighted by atomic mass is 10.2. The van der Waals surface area contributed by atoms with Gasteiger partial charge in [0.05, 0.1) is 5.69 Å². The van der Waals surface area contributed by atoms with Crippen molar-refractivity contribution in [2.45, 2.75) is 5.75 Å². The van der Waals surface area contributed by atoms with Crippen LogP contribution in [0.15, 0.2) is 46.9 Å². The van der Waals surface area contributed by atoms with Crippen LogP contribution < -0.4 is 10.6 Å². The van der Waals surface area contributed by atoms with Crippen molar-refractivity contribution in [2.75, 3.05) is 17.6 Å². The summed E-state index contributed by atoms with van der Waals surface area (Å²) in [7, 11) is 0. The molecule has 23 heavy (non-hydrogen) atoms. The summed E-state index contributed by atoms with van der Waals surface area (Å²) in [4.78, 5) is 0. The molecule has 0 aromatic heterocycles. The molecule has 0 amide bonds. The Morgan fingerprint density at radius 2 is 1.96 bits per heavy atom. The summed E-state index contributed by atoms with van der Waals surface area (Å²) in [5, 5.41) is 7.08. The number of anilines is 1. The van der Waals surface area contributed by atoms with Crippen LogP contribution in [0.5, 0.6) is 0 Å². The van der Waals surface area contributed by atoms with Crippen molar-refractivity contribution in [3.8, 4) is 0 Å². The zero-order chi connectivity index (χ0) is 16.7. The summed E-state index contributed by atoms with van der Waals surface area (Å²) in [6, 6.07) is 12.6. The molecule has 2 nitrogen and oxygen atoms in total. The lowest BCUT2D eigenvalue weighted by Gasteiger charge is -2.11. The average Bonchev–Trinajstić information content (AvgIpc) is 2.51. The van der Waals surface area contributed by atoms with Gasteiger partial charge in [0.2, 0.25) is 0 Å².